The molecule has 7 nitrogen and oxygen atoms in total. The Kier molecular flexibility index (Phi) is 4.92. The van der Waals surface area contributed by atoms with Crippen molar-refractivity contribution in [2.75, 3.05) is 39.0 Å². The Balaban J connectivity index is 1.61. The minimum absolute atomic E-state index is 0.0500. The molecular formula is C17H23N5O2. The average molecular weight is 329 g/mol. The van der Waals surface area contributed by atoms with Crippen molar-refractivity contribution in [3.63, 3.8) is 0 Å². The molecule has 7 heteroatoms. The SMILES string of the molecule is CN(C)C(=O)CN1CCC(Nc2cnc3ccccc3n2)C(O)C1. The van der Waals surface area contributed by atoms with Gasteiger partial charge >= 0.3 is 0 Å². The van der Waals surface area contributed by atoms with Crippen LogP contribution in [0.1, 0.15) is 6.42 Å². The lowest BCUT2D eigenvalue weighted by atomic mass is 10.0. The van der Waals surface area contributed by atoms with Crippen molar-refractivity contribution in [2.45, 2.75) is 18.6 Å². The summed E-state index contributed by atoms with van der Waals surface area (Å²) >= 11 is 0. The number of carbonyl (C=O) groups is 1. The number of likely N-dealkylation sites (tertiary alicyclic amines) is 1. The highest BCUT2D eigenvalue weighted by atomic mass is 16.3. The van der Waals surface area contributed by atoms with Crippen LogP contribution in [0.2, 0.25) is 0 Å². The van der Waals surface area contributed by atoms with E-state index in [1.807, 2.05) is 29.2 Å². The fourth-order valence-electron chi connectivity index (χ4n) is 2.86. The number of hydrogen-bond donors (Lipinski definition) is 2. The molecule has 1 fully saturated rings. The Hall–Kier alpha value is -2.25. The van der Waals surface area contributed by atoms with Gasteiger partial charge in [-0.25, -0.2) is 4.98 Å². The first-order valence-electron chi connectivity index (χ1n) is 8.12. The van der Waals surface area contributed by atoms with Crippen LogP contribution >= 0.6 is 0 Å². The summed E-state index contributed by atoms with van der Waals surface area (Å²) in [6.45, 7) is 1.57. The molecule has 1 aliphatic heterocycles. The molecular weight excluding hydrogens is 306 g/mol. The third-order valence-corrected chi connectivity index (χ3v) is 4.31. The van der Waals surface area contributed by atoms with Gasteiger partial charge in [0.1, 0.15) is 5.82 Å². The van der Waals surface area contributed by atoms with Crippen molar-refractivity contribution in [2.24, 2.45) is 0 Å². The maximum atomic E-state index is 11.8. The first-order chi connectivity index (χ1) is 11.5. The Bertz CT molecular complexity index is 721. The molecule has 2 aromatic rings. The van der Waals surface area contributed by atoms with Crippen molar-refractivity contribution in [3.05, 3.63) is 30.5 Å². The molecule has 128 valence electrons. The van der Waals surface area contributed by atoms with E-state index in [2.05, 4.69) is 15.3 Å². The third kappa shape index (κ3) is 3.80. The van der Waals surface area contributed by atoms with E-state index in [0.717, 1.165) is 24.0 Å². The van der Waals surface area contributed by atoms with E-state index in [1.54, 1.807) is 25.2 Å². The van der Waals surface area contributed by atoms with Crippen molar-refractivity contribution in [1.29, 1.82) is 0 Å². The van der Waals surface area contributed by atoms with Gasteiger partial charge in [-0.1, -0.05) is 12.1 Å². The van der Waals surface area contributed by atoms with Crippen LogP contribution < -0.4 is 5.32 Å². The van der Waals surface area contributed by atoms with Gasteiger partial charge in [-0.05, 0) is 18.6 Å². The molecule has 2 N–H and O–H groups in total. The molecule has 0 radical (unpaired) electrons. The minimum atomic E-state index is -0.554. The van der Waals surface area contributed by atoms with Crippen LogP contribution in [-0.4, -0.2) is 76.7 Å². The molecule has 24 heavy (non-hydrogen) atoms. The van der Waals surface area contributed by atoms with Gasteiger partial charge in [0.05, 0.1) is 35.9 Å². The second-order valence-electron chi connectivity index (χ2n) is 6.37. The second kappa shape index (κ2) is 7.11. The third-order valence-electron chi connectivity index (χ3n) is 4.31. The number of carbonyl (C=O) groups excluding carboxylic acids is 1. The number of hydrogen-bond acceptors (Lipinski definition) is 6. The molecule has 0 aliphatic carbocycles. The predicted octanol–water partition coefficient (Wildman–Crippen LogP) is 0.565. The highest BCUT2D eigenvalue weighted by Crippen LogP contribution is 2.17. The van der Waals surface area contributed by atoms with Gasteiger partial charge in [0, 0.05) is 27.2 Å². The van der Waals surface area contributed by atoms with Crippen LogP contribution in [0.15, 0.2) is 30.5 Å². The Morgan fingerprint density at radius 1 is 1.38 bits per heavy atom. The first-order valence-corrected chi connectivity index (χ1v) is 8.12. The standard InChI is InChI=1S/C17H23N5O2/c1-21(2)17(24)11-22-8-7-14(15(23)10-22)20-16-9-18-12-5-3-4-6-13(12)19-16/h3-6,9,14-15,23H,7-8,10-11H2,1-2H3,(H,19,20). The number of para-hydroxylation sites is 2. The number of aromatic nitrogens is 2. The van der Waals surface area contributed by atoms with Crippen molar-refractivity contribution >= 4 is 22.8 Å². The second-order valence-corrected chi connectivity index (χ2v) is 6.37. The van der Waals surface area contributed by atoms with Crippen molar-refractivity contribution < 1.29 is 9.90 Å². The number of piperidine rings is 1. The van der Waals surface area contributed by atoms with Gasteiger partial charge in [0.25, 0.3) is 0 Å². The van der Waals surface area contributed by atoms with Crippen LogP contribution in [0.5, 0.6) is 0 Å². The summed E-state index contributed by atoms with van der Waals surface area (Å²) in [6.07, 6.45) is 1.88. The number of aliphatic hydroxyl groups is 1. The summed E-state index contributed by atoms with van der Waals surface area (Å²) in [5.41, 5.74) is 1.67. The summed E-state index contributed by atoms with van der Waals surface area (Å²) in [4.78, 5) is 24.3. The lowest BCUT2D eigenvalue weighted by Gasteiger charge is -2.36. The molecule has 2 atom stereocenters. The summed E-state index contributed by atoms with van der Waals surface area (Å²) in [7, 11) is 3.48. The van der Waals surface area contributed by atoms with Gasteiger partial charge in [0.2, 0.25) is 5.91 Å². The molecule has 1 amide bonds. The van der Waals surface area contributed by atoms with Crippen molar-refractivity contribution in [3.8, 4) is 0 Å². The first kappa shape index (κ1) is 16.6. The fourth-order valence-corrected chi connectivity index (χ4v) is 2.86. The van der Waals surface area contributed by atoms with Crippen LogP contribution in [0.3, 0.4) is 0 Å². The van der Waals surface area contributed by atoms with Crippen LogP contribution in [0.25, 0.3) is 11.0 Å². The number of nitrogens with one attached hydrogen (secondary N) is 1. The molecule has 1 aromatic carbocycles. The number of benzene rings is 1. The van der Waals surface area contributed by atoms with E-state index in [1.165, 1.54) is 0 Å². The van der Waals surface area contributed by atoms with E-state index >= 15 is 0 Å². The van der Waals surface area contributed by atoms with Crippen molar-refractivity contribution in [1.82, 2.24) is 19.8 Å². The van der Waals surface area contributed by atoms with E-state index in [4.69, 9.17) is 0 Å². The number of rotatable bonds is 4. The molecule has 0 spiro atoms. The predicted molar refractivity (Wildman–Crippen MR) is 92.7 cm³/mol. The zero-order valence-electron chi connectivity index (χ0n) is 14.0. The lowest BCUT2D eigenvalue weighted by molar-refractivity contribution is -0.130. The Morgan fingerprint density at radius 3 is 2.83 bits per heavy atom. The molecule has 1 saturated heterocycles. The smallest absolute Gasteiger partial charge is 0.236 e. The lowest BCUT2D eigenvalue weighted by Crippen LogP contribution is -2.52. The molecule has 2 heterocycles. The Morgan fingerprint density at radius 2 is 2.12 bits per heavy atom. The summed E-state index contributed by atoms with van der Waals surface area (Å²) in [6, 6.07) is 7.60. The normalized spacial score (nSPS) is 21.6. The molecule has 3 rings (SSSR count). The number of β-amino-alcohol motifs (C(OH)–C–C–N with tert-alkyl or cyclic N) is 1. The highest BCUT2D eigenvalue weighted by Gasteiger charge is 2.29. The zero-order chi connectivity index (χ0) is 17.1. The number of aliphatic hydroxyl groups excluding tert-OH is 1. The topological polar surface area (TPSA) is 81.6 Å². The molecule has 1 aliphatic rings. The van der Waals surface area contributed by atoms with Gasteiger partial charge < -0.3 is 15.3 Å². The maximum Gasteiger partial charge on any atom is 0.236 e. The van der Waals surface area contributed by atoms with Gasteiger partial charge in [-0.15, -0.1) is 0 Å². The average Bonchev–Trinajstić information content (AvgIpc) is 2.57. The Labute approximate surface area is 141 Å². The van der Waals surface area contributed by atoms with E-state index < -0.39 is 6.10 Å². The van der Waals surface area contributed by atoms with Gasteiger partial charge in [-0.3, -0.25) is 14.7 Å². The molecule has 0 saturated carbocycles. The van der Waals surface area contributed by atoms with Crippen LogP contribution in [0, 0.1) is 0 Å². The summed E-state index contributed by atoms with van der Waals surface area (Å²) < 4.78 is 0. The van der Waals surface area contributed by atoms with Crippen LogP contribution in [0.4, 0.5) is 5.82 Å². The molecule has 0 bridgehead atoms. The summed E-state index contributed by atoms with van der Waals surface area (Å²) in [5.74, 6) is 0.713. The van der Waals surface area contributed by atoms with E-state index in [9.17, 15) is 9.90 Å². The van der Waals surface area contributed by atoms with Gasteiger partial charge in [0.15, 0.2) is 0 Å². The fraction of sp³-hybridized carbons (Fsp3) is 0.471. The monoisotopic (exact) mass is 329 g/mol. The number of nitrogens with zero attached hydrogens (tertiary/aromatic N) is 4. The van der Waals surface area contributed by atoms with E-state index in [0.29, 0.717) is 18.9 Å². The zero-order valence-corrected chi connectivity index (χ0v) is 14.0. The number of amides is 1. The van der Waals surface area contributed by atoms with Gasteiger partial charge in [-0.2, -0.15) is 0 Å². The number of fused-ring (bicyclic) bond motifs is 1. The number of anilines is 1. The molecule has 1 aromatic heterocycles. The summed E-state index contributed by atoms with van der Waals surface area (Å²) in [5, 5.41) is 13.7. The minimum Gasteiger partial charge on any atom is -0.390 e. The number of likely N-dealkylation sites (N-methyl/N-ethyl adjacent to an activating group) is 1. The molecule has 2 unspecified atom stereocenters. The van der Waals surface area contributed by atoms with E-state index in [-0.39, 0.29) is 11.9 Å². The van der Waals surface area contributed by atoms with Crippen LogP contribution in [-0.2, 0) is 4.79 Å². The maximum absolute atomic E-state index is 11.8. The highest BCUT2D eigenvalue weighted by molar-refractivity contribution is 5.77. The quantitative estimate of drug-likeness (QED) is 0.853. The largest absolute Gasteiger partial charge is 0.390 e.